The summed E-state index contributed by atoms with van der Waals surface area (Å²) in [6.07, 6.45) is 4.82. The van der Waals surface area contributed by atoms with Gasteiger partial charge in [0.25, 0.3) is 5.89 Å². The van der Waals surface area contributed by atoms with Gasteiger partial charge in [-0.25, -0.2) is 0 Å². The molecule has 3 heterocycles. The van der Waals surface area contributed by atoms with Crippen molar-refractivity contribution in [3.8, 4) is 11.5 Å². The molecule has 0 aliphatic carbocycles. The lowest BCUT2D eigenvalue weighted by Crippen LogP contribution is -2.03. The van der Waals surface area contributed by atoms with Crippen molar-refractivity contribution in [2.45, 2.75) is 30.9 Å². The number of hydrogen-bond acceptors (Lipinski definition) is 5. The summed E-state index contributed by atoms with van der Waals surface area (Å²) in [6.45, 7) is 1.02. The quantitative estimate of drug-likeness (QED) is 0.913. The SMILES string of the molecule is c1cc2c(cc1-c1nc(C3CCCCS3)no1)CCN2. The molecule has 5 heteroatoms. The molecule has 4 rings (SSSR count). The summed E-state index contributed by atoms with van der Waals surface area (Å²) in [7, 11) is 0. The van der Waals surface area contributed by atoms with Gasteiger partial charge in [-0.1, -0.05) is 11.6 Å². The third-order valence-corrected chi connectivity index (χ3v) is 5.34. The molecule has 1 N–H and O–H groups in total. The maximum Gasteiger partial charge on any atom is 0.257 e. The largest absolute Gasteiger partial charge is 0.384 e. The minimum atomic E-state index is 0.414. The Balaban J connectivity index is 1.61. The zero-order valence-corrected chi connectivity index (χ0v) is 12.1. The Morgan fingerprint density at radius 3 is 3.20 bits per heavy atom. The fraction of sp³-hybridized carbons (Fsp3) is 0.467. The zero-order valence-electron chi connectivity index (χ0n) is 11.3. The molecule has 2 aliphatic rings. The second-order valence-corrected chi connectivity index (χ2v) is 6.67. The molecule has 1 fully saturated rings. The van der Waals surface area contributed by atoms with Crippen molar-refractivity contribution in [2.24, 2.45) is 0 Å². The Morgan fingerprint density at radius 1 is 1.30 bits per heavy atom. The molecule has 4 nitrogen and oxygen atoms in total. The van der Waals surface area contributed by atoms with Crippen molar-refractivity contribution in [1.29, 1.82) is 0 Å². The van der Waals surface area contributed by atoms with E-state index in [1.165, 1.54) is 29.8 Å². The van der Waals surface area contributed by atoms with E-state index < -0.39 is 0 Å². The van der Waals surface area contributed by atoms with E-state index in [9.17, 15) is 0 Å². The smallest absolute Gasteiger partial charge is 0.257 e. The minimum Gasteiger partial charge on any atom is -0.384 e. The molecule has 1 saturated heterocycles. The van der Waals surface area contributed by atoms with Crippen LogP contribution in [0.3, 0.4) is 0 Å². The summed E-state index contributed by atoms with van der Waals surface area (Å²) in [4.78, 5) is 4.61. The van der Waals surface area contributed by atoms with Gasteiger partial charge in [-0.2, -0.15) is 16.7 Å². The molecule has 1 unspecified atom stereocenters. The highest BCUT2D eigenvalue weighted by molar-refractivity contribution is 7.99. The van der Waals surface area contributed by atoms with E-state index in [0.717, 1.165) is 30.8 Å². The number of nitrogens with one attached hydrogen (secondary N) is 1. The molecule has 1 aromatic heterocycles. The molecular formula is C15H17N3OS. The van der Waals surface area contributed by atoms with E-state index in [1.54, 1.807) is 0 Å². The van der Waals surface area contributed by atoms with Gasteiger partial charge >= 0.3 is 0 Å². The molecule has 0 radical (unpaired) electrons. The summed E-state index contributed by atoms with van der Waals surface area (Å²) < 4.78 is 5.47. The van der Waals surface area contributed by atoms with Crippen LogP contribution in [0.5, 0.6) is 0 Å². The molecule has 2 aliphatic heterocycles. The van der Waals surface area contributed by atoms with Gasteiger partial charge in [0.05, 0.1) is 5.25 Å². The first-order chi connectivity index (χ1) is 9.90. The standard InChI is InChI=1S/C15H17N3OS/c1-2-8-20-13(3-1)14-17-15(19-18-14)11-4-5-12-10(9-11)6-7-16-12/h4-5,9,13,16H,1-3,6-8H2. The number of hydrogen-bond donors (Lipinski definition) is 1. The predicted molar refractivity (Wildman–Crippen MR) is 81.0 cm³/mol. The van der Waals surface area contributed by atoms with E-state index >= 15 is 0 Å². The second kappa shape index (κ2) is 5.13. The van der Waals surface area contributed by atoms with Crippen LogP contribution in [0.25, 0.3) is 11.5 Å². The van der Waals surface area contributed by atoms with Gasteiger partial charge in [0.15, 0.2) is 5.82 Å². The van der Waals surface area contributed by atoms with Crippen molar-refractivity contribution in [3.63, 3.8) is 0 Å². The molecule has 0 saturated carbocycles. The molecule has 0 spiro atoms. The number of rotatable bonds is 2. The van der Waals surface area contributed by atoms with Crippen LogP contribution in [-0.4, -0.2) is 22.4 Å². The number of thioether (sulfide) groups is 1. The Labute approximate surface area is 122 Å². The molecule has 104 valence electrons. The van der Waals surface area contributed by atoms with Crippen LogP contribution >= 0.6 is 11.8 Å². The maximum absolute atomic E-state index is 5.47. The van der Waals surface area contributed by atoms with E-state index in [1.807, 2.05) is 11.8 Å². The number of aromatic nitrogens is 2. The van der Waals surface area contributed by atoms with Crippen LogP contribution in [0.2, 0.25) is 0 Å². The Hall–Kier alpha value is -1.49. The minimum absolute atomic E-state index is 0.414. The number of anilines is 1. The third kappa shape index (κ3) is 2.20. The number of fused-ring (bicyclic) bond motifs is 1. The van der Waals surface area contributed by atoms with Gasteiger partial charge in [0, 0.05) is 17.8 Å². The highest BCUT2D eigenvalue weighted by Crippen LogP contribution is 2.37. The van der Waals surface area contributed by atoms with Crippen molar-refractivity contribution in [3.05, 3.63) is 29.6 Å². The van der Waals surface area contributed by atoms with Gasteiger partial charge in [0.2, 0.25) is 0 Å². The van der Waals surface area contributed by atoms with Crippen molar-refractivity contribution in [1.82, 2.24) is 10.1 Å². The van der Waals surface area contributed by atoms with Crippen molar-refractivity contribution >= 4 is 17.4 Å². The molecule has 1 aromatic carbocycles. The average molecular weight is 287 g/mol. The van der Waals surface area contributed by atoms with Gasteiger partial charge in [-0.3, -0.25) is 0 Å². The van der Waals surface area contributed by atoms with Crippen LogP contribution in [0, 0.1) is 0 Å². The third-order valence-electron chi connectivity index (χ3n) is 3.97. The summed E-state index contributed by atoms with van der Waals surface area (Å²) in [5.74, 6) is 2.73. The fourth-order valence-corrected chi connectivity index (χ4v) is 4.10. The van der Waals surface area contributed by atoms with E-state index in [2.05, 4.69) is 33.7 Å². The fourth-order valence-electron chi connectivity index (χ4n) is 2.87. The molecular weight excluding hydrogens is 270 g/mol. The molecule has 0 amide bonds. The highest BCUT2D eigenvalue weighted by atomic mass is 32.2. The normalized spacial score (nSPS) is 21.5. The molecule has 2 aromatic rings. The lowest BCUT2D eigenvalue weighted by Gasteiger charge is -2.17. The Morgan fingerprint density at radius 2 is 2.30 bits per heavy atom. The number of nitrogens with zero attached hydrogens (tertiary/aromatic N) is 2. The topological polar surface area (TPSA) is 51.0 Å². The first kappa shape index (κ1) is 12.3. The predicted octanol–water partition coefficient (Wildman–Crippen LogP) is 3.66. The number of benzene rings is 1. The first-order valence-corrected chi connectivity index (χ1v) is 8.27. The maximum atomic E-state index is 5.47. The summed E-state index contributed by atoms with van der Waals surface area (Å²) >= 11 is 1.95. The monoisotopic (exact) mass is 287 g/mol. The summed E-state index contributed by atoms with van der Waals surface area (Å²) in [5, 5.41) is 7.97. The molecule has 1 atom stereocenters. The Kier molecular flexibility index (Phi) is 3.14. The van der Waals surface area contributed by atoms with Gasteiger partial charge in [-0.05, 0) is 48.8 Å². The van der Waals surface area contributed by atoms with Crippen molar-refractivity contribution < 1.29 is 4.52 Å². The summed E-state index contributed by atoms with van der Waals surface area (Å²) in [6, 6.07) is 6.33. The Bertz CT molecular complexity index is 619. The molecule has 0 bridgehead atoms. The summed E-state index contributed by atoms with van der Waals surface area (Å²) in [5.41, 5.74) is 3.61. The second-order valence-electron chi connectivity index (χ2n) is 5.36. The van der Waals surface area contributed by atoms with E-state index in [-0.39, 0.29) is 0 Å². The molecule has 20 heavy (non-hydrogen) atoms. The van der Waals surface area contributed by atoms with Crippen LogP contribution in [0.15, 0.2) is 22.7 Å². The van der Waals surface area contributed by atoms with Gasteiger partial charge in [-0.15, -0.1) is 0 Å². The van der Waals surface area contributed by atoms with Gasteiger partial charge in [0.1, 0.15) is 0 Å². The zero-order chi connectivity index (χ0) is 13.4. The van der Waals surface area contributed by atoms with Crippen LogP contribution in [0.4, 0.5) is 5.69 Å². The van der Waals surface area contributed by atoms with Crippen LogP contribution in [0.1, 0.15) is 35.9 Å². The van der Waals surface area contributed by atoms with Crippen LogP contribution < -0.4 is 5.32 Å². The van der Waals surface area contributed by atoms with Gasteiger partial charge < -0.3 is 9.84 Å². The lowest BCUT2D eigenvalue weighted by atomic mass is 10.1. The van der Waals surface area contributed by atoms with E-state index in [0.29, 0.717) is 11.1 Å². The van der Waals surface area contributed by atoms with Crippen LogP contribution in [-0.2, 0) is 6.42 Å². The first-order valence-electron chi connectivity index (χ1n) is 7.22. The lowest BCUT2D eigenvalue weighted by molar-refractivity contribution is 0.420. The van der Waals surface area contributed by atoms with E-state index in [4.69, 9.17) is 4.52 Å². The van der Waals surface area contributed by atoms with Crippen molar-refractivity contribution in [2.75, 3.05) is 17.6 Å². The highest BCUT2D eigenvalue weighted by Gasteiger charge is 2.22. The average Bonchev–Trinajstić information content (AvgIpc) is 3.16.